The van der Waals surface area contributed by atoms with Crippen LogP contribution in [0.2, 0.25) is 10.0 Å². The molecule has 1 aliphatic heterocycles. The number of nitrogens with zero attached hydrogens (tertiary/aromatic N) is 2. The number of carbonyl (C=O) groups is 1. The van der Waals surface area contributed by atoms with E-state index in [9.17, 15) is 23.1 Å². The highest BCUT2D eigenvalue weighted by Gasteiger charge is 2.63. The number of hydrogen-bond donors (Lipinski definition) is 1. The molecule has 0 saturated heterocycles. The molecule has 1 N–H and O–H groups in total. The predicted molar refractivity (Wildman–Crippen MR) is 95.9 cm³/mol. The van der Waals surface area contributed by atoms with Crippen LogP contribution in [-0.4, -0.2) is 40.2 Å². The molecule has 5 nitrogen and oxygen atoms in total. The minimum atomic E-state index is -5.07. The van der Waals surface area contributed by atoms with Crippen LogP contribution in [0.5, 0.6) is 5.75 Å². The van der Waals surface area contributed by atoms with Crippen molar-refractivity contribution in [1.82, 2.24) is 5.01 Å². The Morgan fingerprint density at radius 1 is 1.41 bits per heavy atom. The monoisotopic (exact) mass is 426 g/mol. The number of halogens is 5. The van der Waals surface area contributed by atoms with E-state index in [-0.39, 0.29) is 33.8 Å². The van der Waals surface area contributed by atoms with Gasteiger partial charge in [0, 0.05) is 17.2 Å². The maximum absolute atomic E-state index is 13.4. The van der Waals surface area contributed by atoms with Crippen molar-refractivity contribution >= 4 is 34.8 Å². The molecule has 0 fully saturated rings. The normalized spacial score (nSPS) is 20.2. The lowest BCUT2D eigenvalue weighted by molar-refractivity contribution is -0.302. The molecule has 1 aromatic rings. The lowest BCUT2D eigenvalue weighted by Gasteiger charge is -2.32. The minimum absolute atomic E-state index is 0.0620. The van der Waals surface area contributed by atoms with Crippen LogP contribution >= 0.6 is 23.2 Å². The molecule has 0 aromatic heterocycles. The summed E-state index contributed by atoms with van der Waals surface area (Å²) in [5, 5.41) is 14.4. The number of ether oxygens (including phenoxy) is 1. The Morgan fingerprint density at radius 2 is 2.07 bits per heavy atom. The van der Waals surface area contributed by atoms with Gasteiger partial charge in [-0.1, -0.05) is 37.0 Å². The van der Waals surface area contributed by atoms with Crippen LogP contribution in [0.15, 0.2) is 23.3 Å². The van der Waals surface area contributed by atoms with Crippen molar-refractivity contribution in [3.8, 4) is 5.75 Å². The predicted octanol–water partition coefficient (Wildman–Crippen LogP) is 4.65. The molecular formula is C17H19Cl2F3N2O3. The maximum Gasteiger partial charge on any atom is 0.438 e. The van der Waals surface area contributed by atoms with E-state index in [0.29, 0.717) is 11.4 Å². The lowest BCUT2D eigenvalue weighted by Crippen LogP contribution is -2.57. The van der Waals surface area contributed by atoms with Gasteiger partial charge in [0.25, 0.3) is 11.6 Å². The molecule has 1 atom stereocenters. The van der Waals surface area contributed by atoms with Gasteiger partial charge >= 0.3 is 6.18 Å². The van der Waals surface area contributed by atoms with Crippen LogP contribution in [-0.2, 0) is 4.79 Å². The standard InChI is InChI=1S/C17H19Cl2F3N2O3/c1-10(2)3-5-12-8-16(26,17(20,21)22)24(23-12)15(25)9-27-14-6-4-11(18)7-13(14)19/h4,6-7,10,26H,3,5,8-9H2,1-2H3/t16-/m1/s1. The number of hydrazone groups is 1. The minimum Gasteiger partial charge on any atom is -0.482 e. The van der Waals surface area contributed by atoms with Crippen LogP contribution in [0.25, 0.3) is 0 Å². The molecule has 10 heteroatoms. The summed E-state index contributed by atoms with van der Waals surface area (Å²) in [4.78, 5) is 12.3. The van der Waals surface area contributed by atoms with E-state index in [1.54, 1.807) is 0 Å². The fourth-order valence-electron chi connectivity index (χ4n) is 2.49. The second-order valence-electron chi connectivity index (χ2n) is 6.66. The Kier molecular flexibility index (Phi) is 6.65. The fraction of sp³-hybridized carbons (Fsp3) is 0.529. The van der Waals surface area contributed by atoms with Gasteiger partial charge in [-0.3, -0.25) is 4.79 Å². The molecule has 27 heavy (non-hydrogen) atoms. The van der Waals surface area contributed by atoms with Crippen molar-refractivity contribution in [2.24, 2.45) is 11.0 Å². The van der Waals surface area contributed by atoms with Crippen molar-refractivity contribution in [2.75, 3.05) is 6.61 Å². The summed E-state index contributed by atoms with van der Waals surface area (Å²) in [6, 6.07) is 4.21. The van der Waals surface area contributed by atoms with Gasteiger partial charge in [0.1, 0.15) is 5.75 Å². The average Bonchev–Trinajstić information content (AvgIpc) is 2.90. The van der Waals surface area contributed by atoms with E-state index in [1.165, 1.54) is 18.2 Å². The molecule has 150 valence electrons. The largest absolute Gasteiger partial charge is 0.482 e. The molecule has 0 saturated carbocycles. The Morgan fingerprint density at radius 3 is 2.63 bits per heavy atom. The first-order chi connectivity index (χ1) is 12.4. The molecule has 0 aliphatic carbocycles. The third kappa shape index (κ3) is 5.06. The van der Waals surface area contributed by atoms with Crippen molar-refractivity contribution in [3.05, 3.63) is 28.2 Å². The molecule has 2 rings (SSSR count). The third-order valence-electron chi connectivity index (χ3n) is 3.99. The Hall–Kier alpha value is -1.51. The van der Waals surface area contributed by atoms with Crippen LogP contribution < -0.4 is 4.74 Å². The number of rotatable bonds is 6. The zero-order valence-electron chi connectivity index (χ0n) is 14.7. The van der Waals surface area contributed by atoms with Gasteiger partial charge in [0.05, 0.1) is 5.02 Å². The van der Waals surface area contributed by atoms with E-state index in [4.69, 9.17) is 27.9 Å². The van der Waals surface area contributed by atoms with Gasteiger partial charge in [0.15, 0.2) is 6.61 Å². The molecule has 0 radical (unpaired) electrons. The highest BCUT2D eigenvalue weighted by Crippen LogP contribution is 2.41. The second kappa shape index (κ2) is 8.24. The SMILES string of the molecule is CC(C)CCC1=NN(C(=O)COc2ccc(Cl)cc2Cl)[C@](O)(C(F)(F)F)C1. The molecule has 1 amide bonds. The summed E-state index contributed by atoms with van der Waals surface area (Å²) >= 11 is 11.7. The fourth-order valence-corrected chi connectivity index (χ4v) is 2.95. The quantitative estimate of drug-likeness (QED) is 0.719. The van der Waals surface area contributed by atoms with Crippen molar-refractivity contribution < 1.29 is 27.8 Å². The number of benzene rings is 1. The smallest absolute Gasteiger partial charge is 0.438 e. The van der Waals surface area contributed by atoms with E-state index in [1.807, 2.05) is 13.8 Å². The summed E-state index contributed by atoms with van der Waals surface area (Å²) in [5.74, 6) is -0.819. The summed E-state index contributed by atoms with van der Waals surface area (Å²) in [5.41, 5.74) is -3.27. The Balaban J connectivity index is 2.16. The van der Waals surface area contributed by atoms with Crippen molar-refractivity contribution in [3.63, 3.8) is 0 Å². The molecule has 0 unspecified atom stereocenters. The Bertz CT molecular complexity index is 741. The van der Waals surface area contributed by atoms with Gasteiger partial charge in [0.2, 0.25) is 0 Å². The number of carbonyl (C=O) groups excluding carboxylic acids is 1. The van der Waals surface area contributed by atoms with Crippen LogP contribution in [0.1, 0.15) is 33.1 Å². The molecule has 1 heterocycles. The summed E-state index contributed by atoms with van der Waals surface area (Å²) in [7, 11) is 0. The number of aliphatic hydroxyl groups is 1. The van der Waals surface area contributed by atoms with E-state index < -0.39 is 30.8 Å². The second-order valence-corrected chi connectivity index (χ2v) is 7.50. The maximum atomic E-state index is 13.4. The molecule has 0 bridgehead atoms. The van der Waals surface area contributed by atoms with Crippen molar-refractivity contribution in [1.29, 1.82) is 0 Å². The number of alkyl halides is 3. The van der Waals surface area contributed by atoms with E-state index >= 15 is 0 Å². The third-order valence-corrected chi connectivity index (χ3v) is 4.52. The topological polar surface area (TPSA) is 62.1 Å². The van der Waals surface area contributed by atoms with Gasteiger partial charge in [-0.25, -0.2) is 0 Å². The number of amides is 1. The zero-order chi connectivity index (χ0) is 20.4. The summed E-state index contributed by atoms with van der Waals surface area (Å²) < 4.78 is 45.4. The number of hydrogen-bond acceptors (Lipinski definition) is 4. The van der Waals surface area contributed by atoms with Gasteiger partial charge in [-0.15, -0.1) is 0 Å². The summed E-state index contributed by atoms with van der Waals surface area (Å²) in [6.07, 6.45) is -5.00. The average molecular weight is 427 g/mol. The summed E-state index contributed by atoms with van der Waals surface area (Å²) in [6.45, 7) is 3.05. The van der Waals surface area contributed by atoms with E-state index in [2.05, 4.69) is 5.10 Å². The first kappa shape index (κ1) is 21.8. The first-order valence-corrected chi connectivity index (χ1v) is 8.96. The van der Waals surface area contributed by atoms with Gasteiger partial charge in [-0.2, -0.15) is 23.3 Å². The Labute approximate surface area is 164 Å². The first-order valence-electron chi connectivity index (χ1n) is 8.20. The molecule has 0 spiro atoms. The highest BCUT2D eigenvalue weighted by atomic mass is 35.5. The van der Waals surface area contributed by atoms with Crippen LogP contribution in [0.3, 0.4) is 0 Å². The van der Waals surface area contributed by atoms with Gasteiger partial charge < -0.3 is 9.84 Å². The molecule has 1 aliphatic rings. The molecule has 1 aromatic carbocycles. The van der Waals surface area contributed by atoms with Crippen LogP contribution in [0, 0.1) is 5.92 Å². The zero-order valence-corrected chi connectivity index (χ0v) is 16.2. The molecular weight excluding hydrogens is 408 g/mol. The lowest BCUT2D eigenvalue weighted by atomic mass is 9.99. The highest BCUT2D eigenvalue weighted by molar-refractivity contribution is 6.35. The van der Waals surface area contributed by atoms with Gasteiger partial charge in [-0.05, 0) is 37.0 Å². The van der Waals surface area contributed by atoms with E-state index in [0.717, 1.165) is 0 Å². The van der Waals surface area contributed by atoms with Crippen molar-refractivity contribution in [2.45, 2.75) is 45.0 Å². The van der Waals surface area contributed by atoms with Crippen LogP contribution in [0.4, 0.5) is 13.2 Å².